The van der Waals surface area contributed by atoms with Gasteiger partial charge < -0.3 is 5.32 Å². The third kappa shape index (κ3) is 1.71. The Hall–Kier alpha value is -1.60. The monoisotopic (exact) mass is 178 g/mol. The SMILES string of the molecule is C=CC(=O)Nc1sccc1C#N. The van der Waals surface area contributed by atoms with Gasteiger partial charge in [0.2, 0.25) is 5.91 Å². The second kappa shape index (κ2) is 3.69. The lowest BCUT2D eigenvalue weighted by atomic mass is 10.3. The summed E-state index contributed by atoms with van der Waals surface area (Å²) >= 11 is 1.32. The van der Waals surface area contributed by atoms with Gasteiger partial charge in [0.15, 0.2) is 0 Å². The minimum Gasteiger partial charge on any atom is -0.313 e. The van der Waals surface area contributed by atoms with Crippen molar-refractivity contribution in [3.05, 3.63) is 29.7 Å². The van der Waals surface area contributed by atoms with Gasteiger partial charge in [0.05, 0.1) is 5.56 Å². The molecule has 12 heavy (non-hydrogen) atoms. The topological polar surface area (TPSA) is 52.9 Å². The van der Waals surface area contributed by atoms with Crippen LogP contribution in [0.25, 0.3) is 0 Å². The maximum absolute atomic E-state index is 10.8. The van der Waals surface area contributed by atoms with Crippen LogP contribution in [0.5, 0.6) is 0 Å². The highest BCUT2D eigenvalue weighted by Crippen LogP contribution is 2.21. The molecule has 0 aromatic carbocycles. The van der Waals surface area contributed by atoms with Crippen LogP contribution in [0.3, 0.4) is 0 Å². The van der Waals surface area contributed by atoms with Crippen LogP contribution in [0.1, 0.15) is 5.56 Å². The number of carbonyl (C=O) groups is 1. The molecule has 0 fully saturated rings. The largest absolute Gasteiger partial charge is 0.313 e. The van der Waals surface area contributed by atoms with E-state index in [0.717, 1.165) is 0 Å². The predicted molar refractivity (Wildman–Crippen MR) is 47.9 cm³/mol. The number of hydrogen-bond acceptors (Lipinski definition) is 3. The van der Waals surface area contributed by atoms with Crippen LogP contribution in [-0.2, 0) is 4.79 Å². The third-order valence-electron chi connectivity index (χ3n) is 1.21. The summed E-state index contributed by atoms with van der Waals surface area (Å²) < 4.78 is 0. The number of thiophene rings is 1. The average molecular weight is 178 g/mol. The average Bonchev–Trinajstić information content (AvgIpc) is 2.51. The van der Waals surface area contributed by atoms with Crippen molar-refractivity contribution in [2.45, 2.75) is 0 Å². The van der Waals surface area contributed by atoms with Gasteiger partial charge in [-0.3, -0.25) is 4.79 Å². The van der Waals surface area contributed by atoms with E-state index in [2.05, 4.69) is 11.9 Å². The fourth-order valence-electron chi connectivity index (χ4n) is 0.657. The first kappa shape index (κ1) is 8.50. The number of nitriles is 1. The lowest BCUT2D eigenvalue weighted by Crippen LogP contribution is -2.06. The van der Waals surface area contributed by atoms with Crippen LogP contribution in [0, 0.1) is 11.3 Å². The van der Waals surface area contributed by atoms with Crippen LogP contribution in [-0.4, -0.2) is 5.91 Å². The van der Waals surface area contributed by atoms with Gasteiger partial charge in [-0.1, -0.05) is 6.58 Å². The Morgan fingerprint density at radius 2 is 2.58 bits per heavy atom. The quantitative estimate of drug-likeness (QED) is 0.701. The van der Waals surface area contributed by atoms with Gasteiger partial charge in [-0.25, -0.2) is 0 Å². The molecule has 0 spiro atoms. The van der Waals surface area contributed by atoms with Gasteiger partial charge >= 0.3 is 0 Å². The standard InChI is InChI=1S/C8H6N2OS/c1-2-7(11)10-8-6(5-9)3-4-12-8/h2-4H,1H2,(H,10,11). The smallest absolute Gasteiger partial charge is 0.248 e. The van der Waals surface area contributed by atoms with Crippen LogP contribution >= 0.6 is 11.3 Å². The van der Waals surface area contributed by atoms with Crippen LogP contribution < -0.4 is 5.32 Å². The Kier molecular flexibility index (Phi) is 2.62. The molecule has 0 saturated heterocycles. The molecule has 3 nitrogen and oxygen atoms in total. The molecule has 0 bridgehead atoms. The lowest BCUT2D eigenvalue weighted by molar-refractivity contribution is -0.111. The molecule has 0 aliphatic heterocycles. The molecule has 0 radical (unpaired) electrons. The van der Waals surface area contributed by atoms with E-state index in [9.17, 15) is 4.79 Å². The van der Waals surface area contributed by atoms with Crippen molar-refractivity contribution >= 4 is 22.2 Å². The van der Waals surface area contributed by atoms with E-state index in [1.807, 2.05) is 6.07 Å². The zero-order valence-electron chi connectivity index (χ0n) is 6.20. The van der Waals surface area contributed by atoms with Gasteiger partial charge in [0.25, 0.3) is 0 Å². The number of nitrogens with one attached hydrogen (secondary N) is 1. The molecule has 1 rings (SSSR count). The van der Waals surface area contributed by atoms with E-state index < -0.39 is 0 Å². The molecule has 1 heterocycles. The van der Waals surface area contributed by atoms with Crippen molar-refractivity contribution in [2.24, 2.45) is 0 Å². The summed E-state index contributed by atoms with van der Waals surface area (Å²) in [6, 6.07) is 3.62. The molecule has 4 heteroatoms. The van der Waals surface area contributed by atoms with Crippen molar-refractivity contribution in [3.63, 3.8) is 0 Å². The first-order valence-electron chi connectivity index (χ1n) is 3.19. The van der Waals surface area contributed by atoms with Crippen molar-refractivity contribution in [3.8, 4) is 6.07 Å². The van der Waals surface area contributed by atoms with Gasteiger partial charge in [-0.05, 0) is 17.5 Å². The highest BCUT2D eigenvalue weighted by atomic mass is 32.1. The predicted octanol–water partition coefficient (Wildman–Crippen LogP) is 1.74. The zero-order valence-corrected chi connectivity index (χ0v) is 7.02. The second-order valence-corrected chi connectivity index (χ2v) is 2.88. The molecule has 0 aliphatic carbocycles. The number of carbonyl (C=O) groups excluding carboxylic acids is 1. The first-order valence-corrected chi connectivity index (χ1v) is 4.07. The van der Waals surface area contributed by atoms with Crippen molar-refractivity contribution in [1.82, 2.24) is 0 Å². The zero-order chi connectivity index (χ0) is 8.97. The number of anilines is 1. The molecular weight excluding hydrogens is 172 g/mol. The Morgan fingerprint density at radius 3 is 3.17 bits per heavy atom. The normalized spacial score (nSPS) is 8.58. The fraction of sp³-hybridized carbons (Fsp3) is 0. The van der Waals surface area contributed by atoms with Crippen LogP contribution in [0.15, 0.2) is 24.1 Å². The maximum Gasteiger partial charge on any atom is 0.248 e. The molecule has 1 aromatic heterocycles. The molecule has 0 unspecified atom stereocenters. The number of rotatable bonds is 2. The van der Waals surface area contributed by atoms with E-state index in [1.54, 1.807) is 11.4 Å². The Labute approximate surface area is 73.9 Å². The molecule has 60 valence electrons. The van der Waals surface area contributed by atoms with Gasteiger partial charge in [-0.15, -0.1) is 11.3 Å². The Balaban J connectivity index is 2.83. The summed E-state index contributed by atoms with van der Waals surface area (Å²) in [6.45, 7) is 3.31. The van der Waals surface area contributed by atoms with Gasteiger partial charge in [0.1, 0.15) is 11.1 Å². The molecule has 0 atom stereocenters. The fourth-order valence-corrected chi connectivity index (χ4v) is 1.40. The molecular formula is C8H6N2OS. The summed E-state index contributed by atoms with van der Waals surface area (Å²) in [5, 5.41) is 13.4. The molecule has 0 saturated carbocycles. The molecule has 1 aromatic rings. The van der Waals surface area contributed by atoms with Crippen molar-refractivity contribution < 1.29 is 4.79 Å². The van der Waals surface area contributed by atoms with Crippen LogP contribution in [0.4, 0.5) is 5.00 Å². The molecule has 1 amide bonds. The molecule has 1 N–H and O–H groups in total. The summed E-state index contributed by atoms with van der Waals surface area (Å²) in [5.41, 5.74) is 0.482. The first-order chi connectivity index (χ1) is 5.77. The summed E-state index contributed by atoms with van der Waals surface area (Å²) in [7, 11) is 0. The molecule has 0 aliphatic rings. The van der Waals surface area contributed by atoms with E-state index in [1.165, 1.54) is 17.4 Å². The van der Waals surface area contributed by atoms with Crippen molar-refractivity contribution in [2.75, 3.05) is 5.32 Å². The van der Waals surface area contributed by atoms with Crippen LogP contribution in [0.2, 0.25) is 0 Å². The Bertz CT molecular complexity index is 348. The van der Waals surface area contributed by atoms with Crippen molar-refractivity contribution in [1.29, 1.82) is 5.26 Å². The second-order valence-electron chi connectivity index (χ2n) is 1.97. The highest BCUT2D eigenvalue weighted by molar-refractivity contribution is 7.14. The van der Waals surface area contributed by atoms with E-state index in [-0.39, 0.29) is 5.91 Å². The Morgan fingerprint density at radius 1 is 1.83 bits per heavy atom. The van der Waals surface area contributed by atoms with Gasteiger partial charge in [0, 0.05) is 0 Å². The highest BCUT2D eigenvalue weighted by Gasteiger charge is 2.04. The lowest BCUT2D eigenvalue weighted by Gasteiger charge is -1.96. The number of nitrogens with zero attached hydrogens (tertiary/aromatic N) is 1. The maximum atomic E-state index is 10.8. The van der Waals surface area contributed by atoms with E-state index >= 15 is 0 Å². The minimum absolute atomic E-state index is 0.297. The number of amides is 1. The minimum atomic E-state index is -0.297. The number of hydrogen-bond donors (Lipinski definition) is 1. The summed E-state index contributed by atoms with van der Waals surface area (Å²) in [6.07, 6.45) is 1.17. The van der Waals surface area contributed by atoms with Gasteiger partial charge in [-0.2, -0.15) is 5.26 Å². The summed E-state index contributed by atoms with van der Waals surface area (Å²) in [4.78, 5) is 10.8. The van der Waals surface area contributed by atoms with E-state index in [0.29, 0.717) is 10.6 Å². The third-order valence-corrected chi connectivity index (χ3v) is 2.04. The van der Waals surface area contributed by atoms with E-state index in [4.69, 9.17) is 5.26 Å². The summed E-state index contributed by atoms with van der Waals surface area (Å²) in [5.74, 6) is -0.297.